The number of rotatable bonds is 8. The molecule has 0 unspecified atom stereocenters. The van der Waals surface area contributed by atoms with E-state index in [1.54, 1.807) is 13.3 Å². The van der Waals surface area contributed by atoms with E-state index in [9.17, 15) is 9.59 Å². The number of carbonyl (C=O) groups is 2. The van der Waals surface area contributed by atoms with E-state index in [4.69, 9.17) is 4.74 Å². The van der Waals surface area contributed by atoms with Crippen LogP contribution in [-0.2, 0) is 16.1 Å². The predicted octanol–water partition coefficient (Wildman–Crippen LogP) is 2.69. The Balaban J connectivity index is 1.33. The van der Waals surface area contributed by atoms with Crippen molar-refractivity contribution in [2.75, 3.05) is 44.7 Å². The Bertz CT molecular complexity index is 1130. The van der Waals surface area contributed by atoms with Crippen LogP contribution in [0.2, 0.25) is 0 Å². The van der Waals surface area contributed by atoms with E-state index >= 15 is 0 Å². The van der Waals surface area contributed by atoms with Crippen LogP contribution in [0.3, 0.4) is 0 Å². The van der Waals surface area contributed by atoms with E-state index in [0.29, 0.717) is 13.1 Å². The Hall–Kier alpha value is -3.91. The van der Waals surface area contributed by atoms with Crippen molar-refractivity contribution in [3.63, 3.8) is 0 Å². The van der Waals surface area contributed by atoms with Crippen LogP contribution in [-0.4, -0.2) is 61.5 Å². The Kier molecular flexibility index (Phi) is 8.52. The number of methoxy groups -OCH3 is 1. The van der Waals surface area contributed by atoms with Gasteiger partial charge in [-0.1, -0.05) is 35.9 Å². The standard InChI is InChI=1S/C28H33N5O3/c1-21-5-7-22(8-6-21)18-30-27(34)28(35)31-20-26(23-4-3-13-29-19-23)33-16-14-32(15-17-33)24-9-11-25(36-2)12-10-24/h3-13,19,26H,14-18,20H2,1-2H3,(H,30,34)(H,31,35)/t26-/m0/s1. The minimum atomic E-state index is -0.634. The number of ether oxygens (including phenoxy) is 1. The molecule has 1 atom stereocenters. The molecule has 188 valence electrons. The SMILES string of the molecule is COc1ccc(N2CCN([C@@H](CNC(=O)C(=O)NCc3ccc(C)cc3)c3cccnc3)CC2)cc1. The average Bonchev–Trinajstić information content (AvgIpc) is 2.93. The molecule has 8 heteroatoms. The summed E-state index contributed by atoms with van der Waals surface area (Å²) in [5.74, 6) is -0.426. The summed E-state index contributed by atoms with van der Waals surface area (Å²) in [5.41, 5.74) is 4.27. The quantitative estimate of drug-likeness (QED) is 0.475. The van der Waals surface area contributed by atoms with Gasteiger partial charge in [0.1, 0.15) is 5.75 Å². The molecule has 0 radical (unpaired) electrons. The van der Waals surface area contributed by atoms with Crippen LogP contribution in [0.4, 0.5) is 5.69 Å². The summed E-state index contributed by atoms with van der Waals surface area (Å²) in [6.07, 6.45) is 3.56. The van der Waals surface area contributed by atoms with Gasteiger partial charge < -0.3 is 20.3 Å². The molecule has 1 aliphatic rings. The van der Waals surface area contributed by atoms with E-state index in [-0.39, 0.29) is 6.04 Å². The van der Waals surface area contributed by atoms with E-state index < -0.39 is 11.8 Å². The number of nitrogens with zero attached hydrogens (tertiary/aromatic N) is 3. The Morgan fingerprint density at radius 2 is 1.64 bits per heavy atom. The summed E-state index contributed by atoms with van der Waals surface area (Å²) < 4.78 is 5.26. The Morgan fingerprint density at radius 1 is 0.944 bits per heavy atom. The van der Waals surface area contributed by atoms with E-state index in [2.05, 4.69) is 37.6 Å². The zero-order valence-electron chi connectivity index (χ0n) is 20.8. The second-order valence-corrected chi connectivity index (χ2v) is 8.90. The first-order valence-electron chi connectivity index (χ1n) is 12.2. The van der Waals surface area contributed by atoms with E-state index in [1.165, 1.54) is 0 Å². The molecule has 0 saturated carbocycles. The van der Waals surface area contributed by atoms with Crippen molar-refractivity contribution in [2.24, 2.45) is 0 Å². The summed E-state index contributed by atoms with van der Waals surface area (Å²) in [5, 5.41) is 5.53. The lowest BCUT2D eigenvalue weighted by atomic mass is 10.1. The number of aromatic nitrogens is 1. The lowest BCUT2D eigenvalue weighted by Gasteiger charge is -2.40. The fraction of sp³-hybridized carbons (Fsp3) is 0.321. The summed E-state index contributed by atoms with van der Waals surface area (Å²) in [4.78, 5) is 33.9. The third-order valence-electron chi connectivity index (χ3n) is 6.50. The maximum Gasteiger partial charge on any atom is 0.309 e. The molecule has 1 aromatic heterocycles. The van der Waals surface area contributed by atoms with Crippen molar-refractivity contribution >= 4 is 17.5 Å². The number of hydrogen-bond acceptors (Lipinski definition) is 6. The van der Waals surface area contributed by atoms with Gasteiger partial charge >= 0.3 is 11.8 Å². The maximum absolute atomic E-state index is 12.6. The van der Waals surface area contributed by atoms with Gasteiger partial charge in [0, 0.05) is 57.3 Å². The van der Waals surface area contributed by atoms with Crippen molar-refractivity contribution in [1.82, 2.24) is 20.5 Å². The molecule has 0 spiro atoms. The van der Waals surface area contributed by atoms with Crippen LogP contribution in [0.5, 0.6) is 5.75 Å². The highest BCUT2D eigenvalue weighted by molar-refractivity contribution is 6.35. The zero-order chi connectivity index (χ0) is 25.3. The third-order valence-corrected chi connectivity index (χ3v) is 6.50. The number of amides is 2. The number of hydrogen-bond donors (Lipinski definition) is 2. The van der Waals surface area contributed by atoms with Crippen molar-refractivity contribution in [2.45, 2.75) is 19.5 Å². The summed E-state index contributed by atoms with van der Waals surface area (Å²) in [7, 11) is 1.67. The molecule has 36 heavy (non-hydrogen) atoms. The smallest absolute Gasteiger partial charge is 0.309 e. The molecule has 0 bridgehead atoms. The molecule has 8 nitrogen and oxygen atoms in total. The van der Waals surface area contributed by atoms with Crippen LogP contribution in [0, 0.1) is 6.92 Å². The molecular formula is C28H33N5O3. The summed E-state index contributed by atoms with van der Waals surface area (Å²) in [6, 6.07) is 19.8. The molecule has 1 saturated heterocycles. The molecule has 1 aliphatic heterocycles. The molecule has 2 amide bonds. The first kappa shape index (κ1) is 25.2. The number of nitrogens with one attached hydrogen (secondary N) is 2. The lowest BCUT2D eigenvalue weighted by Crippen LogP contribution is -2.50. The highest BCUT2D eigenvalue weighted by Crippen LogP contribution is 2.25. The monoisotopic (exact) mass is 487 g/mol. The van der Waals surface area contributed by atoms with E-state index in [1.807, 2.05) is 61.7 Å². The molecule has 2 heterocycles. The van der Waals surface area contributed by atoms with Gasteiger partial charge in [-0.05, 0) is 48.4 Å². The molecule has 1 fully saturated rings. The van der Waals surface area contributed by atoms with Gasteiger partial charge in [0.25, 0.3) is 0 Å². The van der Waals surface area contributed by atoms with Crippen LogP contribution >= 0.6 is 0 Å². The molecule has 2 N–H and O–H groups in total. The molecule has 0 aliphatic carbocycles. The first-order valence-corrected chi connectivity index (χ1v) is 12.2. The van der Waals surface area contributed by atoms with Crippen molar-refractivity contribution < 1.29 is 14.3 Å². The van der Waals surface area contributed by atoms with Crippen molar-refractivity contribution in [3.8, 4) is 5.75 Å². The highest BCUT2D eigenvalue weighted by Gasteiger charge is 2.26. The number of pyridine rings is 1. The number of benzene rings is 2. The van der Waals surface area contributed by atoms with Gasteiger partial charge in [0.2, 0.25) is 0 Å². The van der Waals surface area contributed by atoms with Gasteiger partial charge in [-0.2, -0.15) is 0 Å². The second kappa shape index (κ2) is 12.2. The Labute approximate surface area is 212 Å². The molecule has 3 aromatic rings. The number of aryl methyl sites for hydroxylation is 1. The topological polar surface area (TPSA) is 86.8 Å². The molecule has 2 aromatic carbocycles. The second-order valence-electron chi connectivity index (χ2n) is 8.90. The Morgan fingerprint density at radius 3 is 2.28 bits per heavy atom. The largest absolute Gasteiger partial charge is 0.497 e. The fourth-order valence-corrected chi connectivity index (χ4v) is 4.35. The zero-order valence-corrected chi connectivity index (χ0v) is 20.8. The van der Waals surface area contributed by atoms with Gasteiger partial charge in [-0.15, -0.1) is 0 Å². The first-order chi connectivity index (χ1) is 17.5. The van der Waals surface area contributed by atoms with Crippen LogP contribution < -0.4 is 20.3 Å². The van der Waals surface area contributed by atoms with Gasteiger partial charge in [-0.3, -0.25) is 19.5 Å². The van der Waals surface area contributed by atoms with Crippen LogP contribution in [0.15, 0.2) is 73.1 Å². The normalized spacial score (nSPS) is 14.7. The highest BCUT2D eigenvalue weighted by atomic mass is 16.5. The van der Waals surface area contributed by atoms with Crippen molar-refractivity contribution in [1.29, 1.82) is 0 Å². The van der Waals surface area contributed by atoms with Gasteiger partial charge in [0.05, 0.1) is 13.2 Å². The average molecular weight is 488 g/mol. The summed E-state index contributed by atoms with van der Waals surface area (Å²) >= 11 is 0. The van der Waals surface area contributed by atoms with Crippen LogP contribution in [0.1, 0.15) is 22.7 Å². The fourth-order valence-electron chi connectivity index (χ4n) is 4.35. The third kappa shape index (κ3) is 6.60. The predicted molar refractivity (Wildman–Crippen MR) is 140 cm³/mol. The number of piperazine rings is 1. The van der Waals surface area contributed by atoms with Crippen LogP contribution in [0.25, 0.3) is 0 Å². The van der Waals surface area contributed by atoms with Gasteiger partial charge in [-0.25, -0.2) is 0 Å². The number of anilines is 1. The summed E-state index contributed by atoms with van der Waals surface area (Å²) in [6.45, 7) is 5.99. The van der Waals surface area contributed by atoms with E-state index in [0.717, 1.165) is 54.3 Å². The maximum atomic E-state index is 12.6. The molecule has 4 rings (SSSR count). The minimum absolute atomic E-state index is 0.0782. The minimum Gasteiger partial charge on any atom is -0.497 e. The lowest BCUT2D eigenvalue weighted by molar-refractivity contribution is -0.139. The van der Waals surface area contributed by atoms with Crippen molar-refractivity contribution in [3.05, 3.63) is 89.7 Å². The molecular weight excluding hydrogens is 454 g/mol. The number of carbonyl (C=O) groups excluding carboxylic acids is 2. The van der Waals surface area contributed by atoms with Gasteiger partial charge in [0.15, 0.2) is 0 Å².